The molecule has 7 heteroatoms. The minimum absolute atomic E-state index is 0. The fourth-order valence-electron chi connectivity index (χ4n) is 4.37. The Morgan fingerprint density at radius 3 is 2.67 bits per heavy atom. The lowest BCUT2D eigenvalue weighted by molar-refractivity contribution is 0.282. The van der Waals surface area contributed by atoms with E-state index in [0.717, 1.165) is 37.9 Å². The van der Waals surface area contributed by atoms with Crippen LogP contribution in [0.4, 0.5) is 5.69 Å². The van der Waals surface area contributed by atoms with E-state index in [1.165, 1.54) is 63.8 Å². The maximum Gasteiger partial charge on any atom is 0.190 e. The van der Waals surface area contributed by atoms with E-state index in [4.69, 9.17) is 4.74 Å². The number of halogens is 1. The Balaban J connectivity index is 0.00000320. The fourth-order valence-corrected chi connectivity index (χ4v) is 4.37. The molecule has 1 unspecified atom stereocenters. The van der Waals surface area contributed by atoms with Gasteiger partial charge in [-0.05, 0) is 63.4 Å². The Labute approximate surface area is 199 Å². The number of aliphatic imine (C=N–C) groups is 1. The average Bonchev–Trinajstić information content (AvgIpc) is 3.09. The highest BCUT2D eigenvalue weighted by Crippen LogP contribution is 2.26. The molecule has 2 saturated heterocycles. The van der Waals surface area contributed by atoms with Gasteiger partial charge in [0.25, 0.3) is 0 Å². The normalized spacial score (nSPS) is 20.4. The minimum Gasteiger partial charge on any atom is -0.497 e. The number of anilines is 1. The van der Waals surface area contributed by atoms with Crippen LogP contribution >= 0.6 is 24.0 Å². The molecule has 2 heterocycles. The van der Waals surface area contributed by atoms with Crippen LogP contribution in [0.15, 0.2) is 29.3 Å². The summed E-state index contributed by atoms with van der Waals surface area (Å²) in [7, 11) is 3.59. The van der Waals surface area contributed by atoms with Crippen molar-refractivity contribution in [3.63, 3.8) is 0 Å². The lowest BCUT2D eigenvalue weighted by Gasteiger charge is -2.21. The number of nitrogens with zero attached hydrogens (tertiary/aromatic N) is 3. The number of likely N-dealkylation sites (tertiary alicyclic amines) is 1. The molecule has 0 saturated carbocycles. The standard InChI is InChI=1S/C23H39N5O.HI/c1-24-23(25-12-8-15-27-13-5-3-4-6-14-27)26-18-20-11-16-28(19-20)21-9-7-10-22(17-21)29-2;/h7,9-10,17,20H,3-6,8,11-16,18-19H2,1-2H3,(H2,24,25,26);1H. The molecule has 1 aromatic rings. The van der Waals surface area contributed by atoms with Gasteiger partial charge >= 0.3 is 0 Å². The molecule has 2 aliphatic rings. The van der Waals surface area contributed by atoms with E-state index in [-0.39, 0.29) is 24.0 Å². The number of methoxy groups -OCH3 is 1. The van der Waals surface area contributed by atoms with E-state index in [2.05, 4.69) is 43.6 Å². The first-order chi connectivity index (χ1) is 14.3. The second-order valence-corrected chi connectivity index (χ2v) is 8.29. The number of nitrogens with one attached hydrogen (secondary N) is 2. The average molecular weight is 530 g/mol. The maximum absolute atomic E-state index is 5.36. The Hall–Kier alpha value is -1.22. The van der Waals surface area contributed by atoms with Gasteiger partial charge in [-0.25, -0.2) is 0 Å². The number of rotatable bonds is 8. The van der Waals surface area contributed by atoms with Gasteiger partial charge in [-0.15, -0.1) is 24.0 Å². The molecule has 0 aromatic heterocycles. The van der Waals surface area contributed by atoms with Crippen molar-refractivity contribution in [2.45, 2.75) is 38.5 Å². The summed E-state index contributed by atoms with van der Waals surface area (Å²) >= 11 is 0. The Kier molecular flexibility index (Phi) is 11.7. The summed E-state index contributed by atoms with van der Waals surface area (Å²) in [4.78, 5) is 9.47. The van der Waals surface area contributed by atoms with Crippen molar-refractivity contribution in [3.05, 3.63) is 24.3 Å². The zero-order valence-corrected chi connectivity index (χ0v) is 21.1. The van der Waals surface area contributed by atoms with E-state index < -0.39 is 0 Å². The first-order valence-corrected chi connectivity index (χ1v) is 11.3. The lowest BCUT2D eigenvalue weighted by atomic mass is 10.1. The molecule has 0 spiro atoms. The molecular weight excluding hydrogens is 489 g/mol. The molecule has 170 valence electrons. The quantitative estimate of drug-likeness (QED) is 0.234. The first kappa shape index (κ1) is 25.0. The molecule has 30 heavy (non-hydrogen) atoms. The third-order valence-corrected chi connectivity index (χ3v) is 6.13. The van der Waals surface area contributed by atoms with Gasteiger partial charge in [0.1, 0.15) is 5.75 Å². The molecule has 0 amide bonds. The van der Waals surface area contributed by atoms with Crippen molar-refractivity contribution < 1.29 is 4.74 Å². The monoisotopic (exact) mass is 529 g/mol. The summed E-state index contributed by atoms with van der Waals surface area (Å²) in [6, 6.07) is 8.36. The highest BCUT2D eigenvalue weighted by atomic mass is 127. The number of benzene rings is 1. The molecule has 0 aliphatic carbocycles. The van der Waals surface area contributed by atoms with Gasteiger partial charge in [0, 0.05) is 45.0 Å². The van der Waals surface area contributed by atoms with E-state index >= 15 is 0 Å². The zero-order chi connectivity index (χ0) is 20.3. The molecule has 6 nitrogen and oxygen atoms in total. The second kappa shape index (κ2) is 14.0. The molecule has 3 rings (SSSR count). The van der Waals surface area contributed by atoms with Gasteiger partial charge in [-0.3, -0.25) is 4.99 Å². The highest BCUT2D eigenvalue weighted by molar-refractivity contribution is 14.0. The maximum atomic E-state index is 5.36. The molecule has 2 aliphatic heterocycles. The Bertz CT molecular complexity index is 634. The van der Waals surface area contributed by atoms with Crippen molar-refractivity contribution in [2.75, 3.05) is 64.9 Å². The fraction of sp³-hybridized carbons (Fsp3) is 0.696. The SMILES string of the molecule is CN=C(NCCCN1CCCCCC1)NCC1CCN(c2cccc(OC)c2)C1.I. The van der Waals surface area contributed by atoms with E-state index in [1.807, 2.05) is 13.1 Å². The van der Waals surface area contributed by atoms with Gasteiger partial charge in [-0.2, -0.15) is 0 Å². The largest absolute Gasteiger partial charge is 0.497 e. The van der Waals surface area contributed by atoms with Gasteiger partial charge in [0.2, 0.25) is 0 Å². The topological polar surface area (TPSA) is 52.1 Å². The number of ether oxygens (including phenoxy) is 1. The van der Waals surface area contributed by atoms with Crippen LogP contribution in [0, 0.1) is 5.92 Å². The molecule has 0 bridgehead atoms. The zero-order valence-electron chi connectivity index (χ0n) is 18.7. The van der Waals surface area contributed by atoms with Gasteiger partial charge < -0.3 is 25.2 Å². The van der Waals surface area contributed by atoms with Crippen molar-refractivity contribution >= 4 is 35.6 Å². The molecule has 2 N–H and O–H groups in total. The Morgan fingerprint density at radius 1 is 1.13 bits per heavy atom. The van der Waals surface area contributed by atoms with Gasteiger partial charge in [0.15, 0.2) is 5.96 Å². The molecule has 1 atom stereocenters. The molecule has 2 fully saturated rings. The van der Waals surface area contributed by atoms with Crippen LogP contribution in [0.1, 0.15) is 38.5 Å². The van der Waals surface area contributed by atoms with Crippen LogP contribution in [0.3, 0.4) is 0 Å². The van der Waals surface area contributed by atoms with E-state index in [9.17, 15) is 0 Å². The van der Waals surface area contributed by atoms with Crippen molar-refractivity contribution in [1.29, 1.82) is 0 Å². The van der Waals surface area contributed by atoms with Gasteiger partial charge in [0.05, 0.1) is 7.11 Å². The van der Waals surface area contributed by atoms with Crippen LogP contribution < -0.4 is 20.3 Å². The third kappa shape index (κ3) is 8.13. The highest BCUT2D eigenvalue weighted by Gasteiger charge is 2.23. The van der Waals surface area contributed by atoms with E-state index in [0.29, 0.717) is 5.92 Å². The van der Waals surface area contributed by atoms with Crippen LogP contribution in [0.5, 0.6) is 5.75 Å². The lowest BCUT2D eigenvalue weighted by Crippen LogP contribution is -2.41. The molecule has 0 radical (unpaired) electrons. The first-order valence-electron chi connectivity index (χ1n) is 11.3. The third-order valence-electron chi connectivity index (χ3n) is 6.13. The second-order valence-electron chi connectivity index (χ2n) is 8.29. The summed E-state index contributed by atoms with van der Waals surface area (Å²) in [6.07, 6.45) is 7.92. The van der Waals surface area contributed by atoms with Crippen molar-refractivity contribution in [2.24, 2.45) is 10.9 Å². The minimum atomic E-state index is 0. The summed E-state index contributed by atoms with van der Waals surface area (Å²) in [5.41, 5.74) is 1.25. The summed E-state index contributed by atoms with van der Waals surface area (Å²) in [5, 5.41) is 7.02. The number of hydrogen-bond donors (Lipinski definition) is 2. The van der Waals surface area contributed by atoms with Crippen molar-refractivity contribution in [1.82, 2.24) is 15.5 Å². The van der Waals surface area contributed by atoms with Crippen LogP contribution in [-0.2, 0) is 0 Å². The Morgan fingerprint density at radius 2 is 1.93 bits per heavy atom. The van der Waals surface area contributed by atoms with Crippen LogP contribution in [-0.4, -0.2) is 70.8 Å². The summed E-state index contributed by atoms with van der Waals surface area (Å²) in [6.45, 7) is 7.87. The predicted molar refractivity (Wildman–Crippen MR) is 138 cm³/mol. The van der Waals surface area contributed by atoms with Gasteiger partial charge in [-0.1, -0.05) is 18.9 Å². The smallest absolute Gasteiger partial charge is 0.190 e. The predicted octanol–water partition coefficient (Wildman–Crippen LogP) is 3.57. The number of guanidine groups is 1. The van der Waals surface area contributed by atoms with E-state index in [1.54, 1.807) is 7.11 Å². The summed E-state index contributed by atoms with van der Waals surface area (Å²) < 4.78 is 5.36. The van der Waals surface area contributed by atoms with Crippen LogP contribution in [0.2, 0.25) is 0 Å². The molecular formula is C23H40IN5O. The van der Waals surface area contributed by atoms with Crippen LogP contribution in [0.25, 0.3) is 0 Å². The number of hydrogen-bond acceptors (Lipinski definition) is 4. The summed E-state index contributed by atoms with van der Waals surface area (Å²) in [5.74, 6) is 2.49. The molecule has 1 aromatic carbocycles. The van der Waals surface area contributed by atoms with Crippen molar-refractivity contribution in [3.8, 4) is 5.75 Å².